The Labute approximate surface area is 192 Å². The number of hydrogen-bond donors (Lipinski definition) is 0. The van der Waals surface area contributed by atoms with Gasteiger partial charge in [-0.3, -0.25) is 0 Å². The van der Waals surface area contributed by atoms with Gasteiger partial charge >= 0.3 is 0 Å². The van der Waals surface area contributed by atoms with Gasteiger partial charge in [0.05, 0.1) is 0 Å². The highest BCUT2D eigenvalue weighted by atomic mass is 19.1. The van der Waals surface area contributed by atoms with Crippen molar-refractivity contribution in [2.45, 2.75) is 0 Å². The smallest absolute Gasteiger partial charge is 0.123 e. The summed E-state index contributed by atoms with van der Waals surface area (Å²) in [5.41, 5.74) is 6.97. The molecule has 156 valence electrons. The summed E-state index contributed by atoms with van der Waals surface area (Å²) >= 11 is 0. The predicted molar refractivity (Wildman–Crippen MR) is 138 cm³/mol. The maximum absolute atomic E-state index is 13.4. The molecule has 0 aliphatic rings. The van der Waals surface area contributed by atoms with Gasteiger partial charge in [0.25, 0.3) is 0 Å². The van der Waals surface area contributed by atoms with Crippen molar-refractivity contribution >= 4 is 21.5 Å². The van der Waals surface area contributed by atoms with Crippen LogP contribution in [0, 0.1) is 5.82 Å². The molecule has 0 amide bonds. The van der Waals surface area contributed by atoms with Crippen molar-refractivity contribution in [3.63, 3.8) is 0 Å². The van der Waals surface area contributed by atoms with E-state index in [2.05, 4.69) is 103 Å². The van der Waals surface area contributed by atoms with Gasteiger partial charge in [0.1, 0.15) is 5.82 Å². The van der Waals surface area contributed by atoms with Crippen LogP contribution in [0.3, 0.4) is 0 Å². The minimum Gasteiger partial charge on any atom is -0.207 e. The molecule has 0 atom stereocenters. The van der Waals surface area contributed by atoms with Crippen LogP contribution in [0.25, 0.3) is 54.9 Å². The normalized spacial score (nSPS) is 11.2. The zero-order chi connectivity index (χ0) is 22.2. The molecule has 0 N–H and O–H groups in total. The molecule has 0 unspecified atom stereocenters. The molecule has 0 heterocycles. The SMILES string of the molecule is Fc1ccc(-c2ccc(-c3ccc(-c4cccc5ccccc45)cc3)c3ccccc23)cc1. The first-order valence-corrected chi connectivity index (χ1v) is 11.1. The lowest BCUT2D eigenvalue weighted by atomic mass is 9.91. The molecule has 6 aromatic rings. The van der Waals surface area contributed by atoms with E-state index in [9.17, 15) is 4.39 Å². The van der Waals surface area contributed by atoms with E-state index in [0.717, 1.165) is 11.1 Å². The molecular weight excluding hydrogens is 403 g/mol. The maximum Gasteiger partial charge on any atom is 0.123 e. The third-order valence-corrected chi connectivity index (χ3v) is 6.38. The zero-order valence-electron chi connectivity index (χ0n) is 18.0. The molecule has 6 rings (SSSR count). The van der Waals surface area contributed by atoms with Gasteiger partial charge in [-0.15, -0.1) is 0 Å². The monoisotopic (exact) mass is 424 g/mol. The number of hydrogen-bond acceptors (Lipinski definition) is 0. The van der Waals surface area contributed by atoms with Gasteiger partial charge in [-0.25, -0.2) is 4.39 Å². The van der Waals surface area contributed by atoms with E-state index < -0.39 is 0 Å². The minimum absolute atomic E-state index is 0.217. The largest absolute Gasteiger partial charge is 0.207 e. The Hall–Kier alpha value is -4.23. The van der Waals surface area contributed by atoms with E-state index in [-0.39, 0.29) is 5.82 Å². The van der Waals surface area contributed by atoms with Crippen LogP contribution in [0.15, 0.2) is 127 Å². The van der Waals surface area contributed by atoms with Crippen molar-refractivity contribution in [3.05, 3.63) is 133 Å². The van der Waals surface area contributed by atoms with Gasteiger partial charge in [0.2, 0.25) is 0 Å². The van der Waals surface area contributed by atoms with E-state index in [1.807, 2.05) is 12.1 Å². The van der Waals surface area contributed by atoms with E-state index in [0.29, 0.717) is 0 Å². The number of halogens is 1. The summed E-state index contributed by atoms with van der Waals surface area (Å²) in [6.07, 6.45) is 0. The predicted octanol–water partition coefficient (Wildman–Crippen LogP) is 9.13. The van der Waals surface area contributed by atoms with Crippen molar-refractivity contribution in [1.82, 2.24) is 0 Å². The molecule has 0 fully saturated rings. The number of benzene rings is 6. The van der Waals surface area contributed by atoms with E-state index in [1.165, 1.54) is 55.9 Å². The Bertz CT molecular complexity index is 1590. The molecule has 0 aliphatic carbocycles. The summed E-state index contributed by atoms with van der Waals surface area (Å²) in [5.74, 6) is -0.217. The van der Waals surface area contributed by atoms with E-state index in [1.54, 1.807) is 0 Å². The summed E-state index contributed by atoms with van der Waals surface area (Å²) < 4.78 is 13.4. The fraction of sp³-hybridized carbons (Fsp3) is 0. The highest BCUT2D eigenvalue weighted by Gasteiger charge is 2.10. The molecule has 0 saturated carbocycles. The van der Waals surface area contributed by atoms with Crippen LogP contribution in [0.1, 0.15) is 0 Å². The summed E-state index contributed by atoms with van der Waals surface area (Å²) in [6.45, 7) is 0. The molecule has 33 heavy (non-hydrogen) atoms. The Morgan fingerprint density at radius 2 is 0.758 bits per heavy atom. The van der Waals surface area contributed by atoms with Crippen LogP contribution in [0.2, 0.25) is 0 Å². The first kappa shape index (κ1) is 19.5. The zero-order valence-corrected chi connectivity index (χ0v) is 18.0. The summed E-state index contributed by atoms with van der Waals surface area (Å²) in [5, 5.41) is 4.88. The molecule has 0 bridgehead atoms. The average Bonchev–Trinajstić information content (AvgIpc) is 2.88. The van der Waals surface area contributed by atoms with Crippen molar-refractivity contribution < 1.29 is 4.39 Å². The highest BCUT2D eigenvalue weighted by molar-refractivity contribution is 6.05. The van der Waals surface area contributed by atoms with E-state index in [4.69, 9.17) is 0 Å². The van der Waals surface area contributed by atoms with Crippen LogP contribution < -0.4 is 0 Å². The van der Waals surface area contributed by atoms with Gasteiger partial charge in [-0.1, -0.05) is 115 Å². The average molecular weight is 425 g/mol. The van der Waals surface area contributed by atoms with Gasteiger partial charge < -0.3 is 0 Å². The molecule has 0 nitrogen and oxygen atoms in total. The first-order chi connectivity index (χ1) is 16.3. The Balaban J connectivity index is 1.45. The van der Waals surface area contributed by atoms with Crippen LogP contribution in [-0.4, -0.2) is 0 Å². The van der Waals surface area contributed by atoms with Crippen LogP contribution in [0.5, 0.6) is 0 Å². The molecule has 0 aromatic heterocycles. The molecule has 0 spiro atoms. The molecular formula is C32H21F. The Morgan fingerprint density at radius 3 is 1.33 bits per heavy atom. The number of fused-ring (bicyclic) bond motifs is 2. The second-order valence-corrected chi connectivity index (χ2v) is 8.32. The van der Waals surface area contributed by atoms with Crippen molar-refractivity contribution in [2.24, 2.45) is 0 Å². The second kappa shape index (κ2) is 8.03. The third kappa shape index (κ3) is 3.48. The maximum atomic E-state index is 13.4. The molecule has 6 aromatic carbocycles. The van der Waals surface area contributed by atoms with E-state index >= 15 is 0 Å². The second-order valence-electron chi connectivity index (χ2n) is 8.32. The van der Waals surface area contributed by atoms with Crippen LogP contribution in [0.4, 0.5) is 4.39 Å². The minimum atomic E-state index is -0.217. The lowest BCUT2D eigenvalue weighted by molar-refractivity contribution is 0.628. The van der Waals surface area contributed by atoms with Gasteiger partial charge in [0.15, 0.2) is 0 Å². The molecule has 0 aliphatic heterocycles. The quantitative estimate of drug-likeness (QED) is 0.266. The third-order valence-electron chi connectivity index (χ3n) is 6.38. The Morgan fingerprint density at radius 1 is 0.333 bits per heavy atom. The van der Waals surface area contributed by atoms with Crippen molar-refractivity contribution in [3.8, 4) is 33.4 Å². The van der Waals surface area contributed by atoms with Crippen molar-refractivity contribution in [2.75, 3.05) is 0 Å². The Kier molecular flexibility index (Phi) is 4.74. The van der Waals surface area contributed by atoms with Gasteiger partial charge in [0, 0.05) is 0 Å². The molecule has 0 radical (unpaired) electrons. The summed E-state index contributed by atoms with van der Waals surface area (Å²) in [4.78, 5) is 0. The fourth-order valence-electron chi connectivity index (χ4n) is 4.74. The number of rotatable bonds is 3. The molecule has 1 heteroatoms. The summed E-state index contributed by atoms with van der Waals surface area (Å²) in [7, 11) is 0. The van der Waals surface area contributed by atoms with Gasteiger partial charge in [-0.05, 0) is 67.1 Å². The topological polar surface area (TPSA) is 0 Å². The first-order valence-electron chi connectivity index (χ1n) is 11.1. The standard InChI is InChI=1S/C32H21F/c33-26-18-16-25(17-19-26)30-21-20-29(31-9-3-4-10-32(30)31)24-14-12-23(13-15-24)28-11-5-7-22-6-1-2-8-27(22)28/h1-21H. The molecule has 0 saturated heterocycles. The van der Waals surface area contributed by atoms with Crippen LogP contribution in [-0.2, 0) is 0 Å². The lowest BCUT2D eigenvalue weighted by Gasteiger charge is -2.13. The highest BCUT2D eigenvalue weighted by Crippen LogP contribution is 2.37. The van der Waals surface area contributed by atoms with Crippen LogP contribution >= 0.6 is 0 Å². The van der Waals surface area contributed by atoms with Gasteiger partial charge in [-0.2, -0.15) is 0 Å². The summed E-state index contributed by atoms with van der Waals surface area (Å²) in [6, 6.07) is 43.3. The fourth-order valence-corrected chi connectivity index (χ4v) is 4.74. The lowest BCUT2D eigenvalue weighted by Crippen LogP contribution is -1.87. The van der Waals surface area contributed by atoms with Crippen molar-refractivity contribution in [1.29, 1.82) is 0 Å².